The normalized spacial score (nSPS) is 14.0. The van der Waals surface area contributed by atoms with Crippen LogP contribution in [0.1, 0.15) is 77.0 Å². The van der Waals surface area contributed by atoms with Crippen LogP contribution in [0.25, 0.3) is 0 Å². The van der Waals surface area contributed by atoms with Crippen molar-refractivity contribution in [3.8, 4) is 0 Å². The van der Waals surface area contributed by atoms with Gasteiger partial charge in [-0.2, -0.15) is 0 Å². The summed E-state index contributed by atoms with van der Waals surface area (Å²) in [6.07, 6.45) is 15.5. The second-order valence-electron chi connectivity index (χ2n) is 6.00. The van der Waals surface area contributed by atoms with Crippen molar-refractivity contribution in [3.05, 3.63) is 59.7 Å². The van der Waals surface area contributed by atoms with Crippen LogP contribution < -0.4 is 0 Å². The molecule has 154 valence electrons. The Morgan fingerprint density at radius 3 is 2.52 bits per heavy atom. The molecule has 0 amide bonds. The summed E-state index contributed by atoms with van der Waals surface area (Å²) in [6, 6.07) is 8.65. The van der Waals surface area contributed by atoms with Crippen LogP contribution in [0.2, 0.25) is 0 Å². The third kappa shape index (κ3) is 12.2. The molecule has 0 radical (unpaired) electrons. The Kier molecular flexibility index (Phi) is 19.2. The minimum Gasteiger partial charge on any atom is -0.358 e. The highest BCUT2D eigenvalue weighted by molar-refractivity contribution is 8.00. The Morgan fingerprint density at radius 1 is 1.15 bits per heavy atom. The fourth-order valence-corrected chi connectivity index (χ4v) is 3.92. The van der Waals surface area contributed by atoms with Gasteiger partial charge in [-0.25, -0.2) is 0 Å². The second kappa shape index (κ2) is 19.2. The lowest BCUT2D eigenvalue weighted by Crippen LogP contribution is -2.02. The number of allylic oxidation sites excluding steroid dienone is 3. The molecule has 0 spiro atoms. The summed E-state index contributed by atoms with van der Waals surface area (Å²) >= 11 is 0. The Hall–Kier alpha value is -0.0900. The van der Waals surface area contributed by atoms with Gasteiger partial charge in [-0.1, -0.05) is 98.0 Å². The zero-order valence-electron chi connectivity index (χ0n) is 17.5. The molecule has 1 aromatic rings. The predicted octanol–water partition coefficient (Wildman–Crippen LogP) is 7.97. The SMILES string of the molecule is CC.CCCCC(/C=C/C=C\CCc1ccccc1C(CC)OPP)OP. The van der Waals surface area contributed by atoms with E-state index in [4.69, 9.17) is 9.05 Å². The van der Waals surface area contributed by atoms with Crippen molar-refractivity contribution < 1.29 is 9.05 Å². The Labute approximate surface area is 174 Å². The van der Waals surface area contributed by atoms with E-state index in [0.717, 1.165) is 25.7 Å². The second-order valence-corrected chi connectivity index (χ2v) is 7.45. The first-order valence-corrected chi connectivity index (χ1v) is 13.3. The van der Waals surface area contributed by atoms with Crippen LogP contribution in [0.5, 0.6) is 0 Å². The predicted molar refractivity (Wildman–Crippen MR) is 131 cm³/mol. The molecule has 0 saturated heterocycles. The third-order valence-corrected chi connectivity index (χ3v) is 5.33. The molecule has 0 bridgehead atoms. The molecule has 0 heterocycles. The van der Waals surface area contributed by atoms with E-state index >= 15 is 0 Å². The Morgan fingerprint density at radius 2 is 1.89 bits per heavy atom. The summed E-state index contributed by atoms with van der Waals surface area (Å²) in [6.45, 7) is 8.38. The first-order chi connectivity index (χ1) is 13.3. The topological polar surface area (TPSA) is 18.5 Å². The maximum atomic E-state index is 5.88. The maximum Gasteiger partial charge on any atom is 0.0868 e. The van der Waals surface area contributed by atoms with Crippen molar-refractivity contribution in [2.45, 2.75) is 78.4 Å². The van der Waals surface area contributed by atoms with Gasteiger partial charge < -0.3 is 9.05 Å². The molecule has 1 rings (SSSR count). The van der Waals surface area contributed by atoms with Gasteiger partial charge in [-0.05, 0) is 36.8 Å². The van der Waals surface area contributed by atoms with Crippen LogP contribution in [-0.2, 0) is 15.5 Å². The molecule has 2 nitrogen and oxygen atoms in total. The fraction of sp³-hybridized carbons (Fsp3) is 0.545. The lowest BCUT2D eigenvalue weighted by Gasteiger charge is -2.18. The van der Waals surface area contributed by atoms with E-state index < -0.39 is 0 Å². The summed E-state index contributed by atoms with van der Waals surface area (Å²) in [7, 11) is 5.49. The zero-order valence-corrected chi connectivity index (χ0v) is 20.8. The number of rotatable bonds is 13. The molecule has 5 unspecified atom stereocenters. The van der Waals surface area contributed by atoms with Gasteiger partial charge in [0.05, 0.1) is 12.2 Å². The largest absolute Gasteiger partial charge is 0.358 e. The standard InChI is InChI=1S/C20H33O2P3.C2H6/c1-3-5-14-18(21-23)15-9-7-6-8-12-17-13-10-11-16-19(17)20(4-2)22-25-24;1-2/h6-7,9-11,13,15-16,18,20,25H,3-5,8,12,14,23-24H2,1-2H3;1-2H3/b7-6-,15-9+;. The molecule has 0 aliphatic carbocycles. The number of unbranched alkanes of at least 4 members (excludes halogenated alkanes) is 1. The highest BCUT2D eigenvalue weighted by Gasteiger charge is 2.12. The lowest BCUT2D eigenvalue weighted by atomic mass is 9.97. The first kappa shape index (κ1) is 26.9. The lowest BCUT2D eigenvalue weighted by molar-refractivity contribution is 0.237. The minimum atomic E-state index is 0.200. The molecule has 0 saturated carbocycles. The molecular weight excluding hydrogens is 389 g/mol. The van der Waals surface area contributed by atoms with Gasteiger partial charge in [-0.15, -0.1) is 0 Å². The van der Waals surface area contributed by atoms with Crippen LogP contribution in [0.3, 0.4) is 0 Å². The van der Waals surface area contributed by atoms with E-state index in [1.54, 1.807) is 0 Å². The van der Waals surface area contributed by atoms with Gasteiger partial charge in [0.25, 0.3) is 0 Å². The van der Waals surface area contributed by atoms with Crippen LogP contribution in [0, 0.1) is 0 Å². The van der Waals surface area contributed by atoms with E-state index in [1.807, 2.05) is 13.8 Å². The number of benzene rings is 1. The molecule has 0 aliphatic heterocycles. The van der Waals surface area contributed by atoms with Crippen LogP contribution in [0.4, 0.5) is 0 Å². The zero-order chi connectivity index (χ0) is 20.3. The fourth-order valence-electron chi connectivity index (χ4n) is 2.74. The minimum absolute atomic E-state index is 0.200. The Bertz CT molecular complexity index is 518. The van der Waals surface area contributed by atoms with Gasteiger partial charge in [0.2, 0.25) is 0 Å². The van der Waals surface area contributed by atoms with E-state index in [0.29, 0.717) is 8.50 Å². The van der Waals surface area contributed by atoms with Crippen LogP contribution in [0.15, 0.2) is 48.6 Å². The first-order valence-electron chi connectivity index (χ1n) is 10.1. The highest BCUT2D eigenvalue weighted by atomic mass is 32.0. The monoisotopic (exact) mass is 428 g/mol. The van der Waals surface area contributed by atoms with Gasteiger partial charge >= 0.3 is 0 Å². The summed E-state index contributed by atoms with van der Waals surface area (Å²) in [5, 5.41) is 0. The van der Waals surface area contributed by atoms with Gasteiger partial charge in [0.1, 0.15) is 0 Å². The molecule has 0 fully saturated rings. The Balaban J connectivity index is 0.00000326. The number of hydrogen-bond donors (Lipinski definition) is 0. The van der Waals surface area contributed by atoms with Crippen molar-refractivity contribution >= 4 is 26.9 Å². The van der Waals surface area contributed by atoms with Crippen molar-refractivity contribution in [2.24, 2.45) is 0 Å². The molecule has 27 heavy (non-hydrogen) atoms. The third-order valence-electron chi connectivity index (χ3n) is 4.15. The van der Waals surface area contributed by atoms with Crippen molar-refractivity contribution in [1.29, 1.82) is 0 Å². The van der Waals surface area contributed by atoms with Gasteiger partial charge in [0.15, 0.2) is 0 Å². The average Bonchev–Trinajstić information content (AvgIpc) is 2.72. The molecular formula is C22H39O2P3. The van der Waals surface area contributed by atoms with Crippen LogP contribution in [-0.4, -0.2) is 6.10 Å². The molecule has 1 aromatic carbocycles. The van der Waals surface area contributed by atoms with Gasteiger partial charge in [-0.3, -0.25) is 0 Å². The van der Waals surface area contributed by atoms with Crippen molar-refractivity contribution in [3.63, 3.8) is 0 Å². The van der Waals surface area contributed by atoms with E-state index in [-0.39, 0.29) is 12.2 Å². The number of aryl methyl sites for hydroxylation is 1. The van der Waals surface area contributed by atoms with Gasteiger partial charge in [0, 0.05) is 18.0 Å². The van der Waals surface area contributed by atoms with Crippen molar-refractivity contribution in [1.82, 2.24) is 0 Å². The summed E-state index contributed by atoms with van der Waals surface area (Å²) in [4.78, 5) is 0. The summed E-state index contributed by atoms with van der Waals surface area (Å²) in [5.74, 6) is 0. The number of hydrogen-bond acceptors (Lipinski definition) is 2. The summed E-state index contributed by atoms with van der Waals surface area (Å²) < 4.78 is 11.3. The van der Waals surface area contributed by atoms with Crippen LogP contribution >= 0.6 is 26.9 Å². The molecule has 0 aliphatic rings. The maximum absolute atomic E-state index is 5.88. The smallest absolute Gasteiger partial charge is 0.0868 e. The molecule has 0 N–H and O–H groups in total. The van der Waals surface area contributed by atoms with E-state index in [1.165, 1.54) is 24.0 Å². The molecule has 5 atom stereocenters. The molecule has 0 aromatic heterocycles. The molecule has 5 heteroatoms. The van der Waals surface area contributed by atoms with Crippen molar-refractivity contribution in [2.75, 3.05) is 0 Å². The van der Waals surface area contributed by atoms with E-state index in [9.17, 15) is 0 Å². The van der Waals surface area contributed by atoms with E-state index in [2.05, 4.69) is 80.8 Å². The average molecular weight is 428 g/mol. The summed E-state index contributed by atoms with van der Waals surface area (Å²) in [5.41, 5.74) is 2.72. The highest BCUT2D eigenvalue weighted by Crippen LogP contribution is 2.35. The quantitative estimate of drug-likeness (QED) is 0.234.